The molecule has 29 heavy (non-hydrogen) atoms. The monoisotopic (exact) mass is 390 g/mol. The van der Waals surface area contributed by atoms with Crippen molar-refractivity contribution in [2.45, 2.75) is 25.2 Å². The number of hydrogen-bond acceptors (Lipinski definition) is 3. The van der Waals surface area contributed by atoms with Crippen molar-refractivity contribution in [3.05, 3.63) is 59.9 Å². The molecule has 1 unspecified atom stereocenters. The maximum absolute atomic E-state index is 12.0. The molecule has 1 aliphatic heterocycles. The second kappa shape index (κ2) is 8.77. The number of aliphatic imine (C=N–C) groups is 1. The van der Waals surface area contributed by atoms with Gasteiger partial charge in [0.25, 0.3) is 0 Å². The molecule has 7 heteroatoms. The number of aromatic nitrogens is 2. The summed E-state index contributed by atoms with van der Waals surface area (Å²) in [6, 6.07) is 16.0. The van der Waals surface area contributed by atoms with E-state index in [0.717, 1.165) is 47.9 Å². The zero-order chi connectivity index (χ0) is 20.1. The standard InChI is InChI=1S/C22H26N6O/c1-23-22(24-12-6-11-20-26-18-9-4-5-10-19(18)27-20)25-14-15-13-21(29)28-17-8-3-2-7-16(15)17/h2-5,7-10,15H,6,11-14H2,1H3,(H,26,27)(H,28,29)(H2,23,24,25). The predicted molar refractivity (Wildman–Crippen MR) is 116 cm³/mol. The van der Waals surface area contributed by atoms with Gasteiger partial charge in [-0.3, -0.25) is 9.79 Å². The molecule has 0 aliphatic carbocycles. The molecule has 1 atom stereocenters. The summed E-state index contributed by atoms with van der Waals surface area (Å²) in [7, 11) is 1.76. The number of aryl methyl sites for hydroxylation is 1. The highest BCUT2D eigenvalue weighted by molar-refractivity contribution is 5.94. The summed E-state index contributed by atoms with van der Waals surface area (Å²) in [6.45, 7) is 1.45. The minimum absolute atomic E-state index is 0.0595. The minimum Gasteiger partial charge on any atom is -0.356 e. The molecular weight excluding hydrogens is 364 g/mol. The molecule has 4 rings (SSSR count). The third kappa shape index (κ3) is 4.56. The molecule has 0 saturated heterocycles. The highest BCUT2D eigenvalue weighted by Crippen LogP contribution is 2.31. The van der Waals surface area contributed by atoms with Crippen LogP contribution in [0.3, 0.4) is 0 Å². The van der Waals surface area contributed by atoms with Crippen molar-refractivity contribution >= 4 is 28.6 Å². The van der Waals surface area contributed by atoms with Crippen molar-refractivity contribution in [3.8, 4) is 0 Å². The first-order chi connectivity index (χ1) is 14.2. The highest BCUT2D eigenvalue weighted by atomic mass is 16.1. The number of hydrogen-bond donors (Lipinski definition) is 4. The number of imidazole rings is 1. The second-order valence-electron chi connectivity index (χ2n) is 7.22. The van der Waals surface area contributed by atoms with Crippen molar-refractivity contribution in [2.75, 3.05) is 25.5 Å². The van der Waals surface area contributed by atoms with E-state index >= 15 is 0 Å². The average molecular weight is 390 g/mol. The van der Waals surface area contributed by atoms with Crippen LogP contribution in [0.25, 0.3) is 11.0 Å². The number of para-hydroxylation sites is 3. The van der Waals surface area contributed by atoms with Crippen LogP contribution in [-0.2, 0) is 11.2 Å². The summed E-state index contributed by atoms with van der Waals surface area (Å²) in [4.78, 5) is 24.2. The number of benzene rings is 2. The second-order valence-corrected chi connectivity index (χ2v) is 7.22. The van der Waals surface area contributed by atoms with Gasteiger partial charge in [-0.25, -0.2) is 4.98 Å². The van der Waals surface area contributed by atoms with Gasteiger partial charge in [-0.15, -0.1) is 0 Å². The first-order valence-electron chi connectivity index (χ1n) is 10.00. The Morgan fingerprint density at radius 2 is 2.00 bits per heavy atom. The fourth-order valence-electron chi connectivity index (χ4n) is 3.71. The number of nitrogens with zero attached hydrogens (tertiary/aromatic N) is 2. The molecule has 3 aromatic rings. The Morgan fingerprint density at radius 1 is 1.17 bits per heavy atom. The van der Waals surface area contributed by atoms with E-state index in [0.29, 0.717) is 13.0 Å². The lowest BCUT2D eigenvalue weighted by atomic mass is 9.90. The summed E-state index contributed by atoms with van der Waals surface area (Å²) in [5, 5.41) is 9.64. The van der Waals surface area contributed by atoms with Gasteiger partial charge in [0.05, 0.1) is 11.0 Å². The Hall–Kier alpha value is -3.35. The van der Waals surface area contributed by atoms with E-state index in [4.69, 9.17) is 0 Å². The molecule has 1 aromatic heterocycles. The molecule has 2 aromatic carbocycles. The van der Waals surface area contributed by atoms with Crippen molar-refractivity contribution in [2.24, 2.45) is 4.99 Å². The fraction of sp³-hybridized carbons (Fsp3) is 0.318. The van der Waals surface area contributed by atoms with Gasteiger partial charge in [-0.1, -0.05) is 30.3 Å². The number of carbonyl (C=O) groups is 1. The van der Waals surface area contributed by atoms with Crippen LogP contribution in [-0.4, -0.2) is 42.0 Å². The van der Waals surface area contributed by atoms with E-state index in [1.165, 1.54) is 5.56 Å². The topological polar surface area (TPSA) is 94.2 Å². The van der Waals surface area contributed by atoms with Crippen LogP contribution >= 0.6 is 0 Å². The highest BCUT2D eigenvalue weighted by Gasteiger charge is 2.24. The van der Waals surface area contributed by atoms with E-state index in [1.807, 2.05) is 42.5 Å². The Morgan fingerprint density at radius 3 is 2.86 bits per heavy atom. The van der Waals surface area contributed by atoms with E-state index in [9.17, 15) is 4.79 Å². The van der Waals surface area contributed by atoms with Crippen LogP contribution < -0.4 is 16.0 Å². The molecule has 0 saturated carbocycles. The van der Waals surface area contributed by atoms with Crippen LogP contribution in [0.1, 0.15) is 30.1 Å². The molecule has 1 aliphatic rings. The number of nitrogens with one attached hydrogen (secondary N) is 4. The van der Waals surface area contributed by atoms with Gasteiger partial charge in [-0.2, -0.15) is 0 Å². The summed E-state index contributed by atoms with van der Waals surface area (Å²) in [6.07, 6.45) is 2.29. The quantitative estimate of drug-likeness (QED) is 0.296. The number of rotatable bonds is 6. The van der Waals surface area contributed by atoms with Gasteiger partial charge in [-0.05, 0) is 30.2 Å². The molecule has 7 nitrogen and oxygen atoms in total. The summed E-state index contributed by atoms with van der Waals surface area (Å²) < 4.78 is 0. The molecule has 0 spiro atoms. The number of amides is 1. The van der Waals surface area contributed by atoms with Crippen molar-refractivity contribution in [1.29, 1.82) is 0 Å². The van der Waals surface area contributed by atoms with Gasteiger partial charge in [0.1, 0.15) is 5.82 Å². The Bertz CT molecular complexity index is 992. The first-order valence-corrected chi connectivity index (χ1v) is 10.00. The van der Waals surface area contributed by atoms with E-state index in [-0.39, 0.29) is 11.8 Å². The summed E-state index contributed by atoms with van der Waals surface area (Å²) >= 11 is 0. The lowest BCUT2D eigenvalue weighted by Gasteiger charge is -2.26. The smallest absolute Gasteiger partial charge is 0.225 e. The number of guanidine groups is 1. The molecule has 1 amide bonds. The SMILES string of the molecule is CN=C(NCCCc1nc2ccccc2[nH]1)NCC1CC(=O)Nc2ccccc21. The van der Waals surface area contributed by atoms with Crippen LogP contribution in [0.2, 0.25) is 0 Å². The third-order valence-electron chi connectivity index (χ3n) is 5.17. The van der Waals surface area contributed by atoms with Gasteiger partial charge in [0.2, 0.25) is 5.91 Å². The Kier molecular flexibility index (Phi) is 5.74. The molecule has 2 heterocycles. The Balaban J connectivity index is 1.25. The van der Waals surface area contributed by atoms with E-state index in [2.05, 4.69) is 37.0 Å². The van der Waals surface area contributed by atoms with E-state index in [1.54, 1.807) is 7.05 Å². The molecular formula is C22H26N6O. The number of H-pyrrole nitrogens is 1. The predicted octanol–water partition coefficient (Wildman–Crippen LogP) is 2.79. The fourth-order valence-corrected chi connectivity index (χ4v) is 3.71. The van der Waals surface area contributed by atoms with Gasteiger partial charge < -0.3 is 20.9 Å². The lowest BCUT2D eigenvalue weighted by molar-refractivity contribution is -0.116. The zero-order valence-electron chi connectivity index (χ0n) is 16.5. The van der Waals surface area contributed by atoms with Crippen molar-refractivity contribution in [3.63, 3.8) is 0 Å². The van der Waals surface area contributed by atoms with Crippen molar-refractivity contribution in [1.82, 2.24) is 20.6 Å². The Labute approximate surface area is 170 Å². The number of aromatic amines is 1. The van der Waals surface area contributed by atoms with Gasteiger partial charge >= 0.3 is 0 Å². The molecule has 0 bridgehead atoms. The first kappa shape index (κ1) is 19.0. The van der Waals surface area contributed by atoms with Gasteiger partial charge in [0, 0.05) is 44.6 Å². The third-order valence-corrected chi connectivity index (χ3v) is 5.17. The number of carbonyl (C=O) groups excluding carboxylic acids is 1. The summed E-state index contributed by atoms with van der Waals surface area (Å²) in [5.41, 5.74) is 4.15. The largest absolute Gasteiger partial charge is 0.356 e. The van der Waals surface area contributed by atoms with Gasteiger partial charge in [0.15, 0.2) is 5.96 Å². The molecule has 150 valence electrons. The van der Waals surface area contributed by atoms with Crippen LogP contribution in [0, 0.1) is 0 Å². The number of anilines is 1. The molecule has 4 N–H and O–H groups in total. The summed E-state index contributed by atoms with van der Waals surface area (Å²) in [5.74, 6) is 1.94. The van der Waals surface area contributed by atoms with Crippen LogP contribution in [0.15, 0.2) is 53.5 Å². The van der Waals surface area contributed by atoms with Crippen molar-refractivity contribution < 1.29 is 4.79 Å². The van der Waals surface area contributed by atoms with Crippen LogP contribution in [0.5, 0.6) is 0 Å². The van der Waals surface area contributed by atoms with E-state index < -0.39 is 0 Å². The minimum atomic E-state index is 0.0595. The zero-order valence-corrected chi connectivity index (χ0v) is 16.5. The normalized spacial score (nSPS) is 16.4. The number of fused-ring (bicyclic) bond motifs is 2. The molecule has 0 fully saturated rings. The lowest BCUT2D eigenvalue weighted by Crippen LogP contribution is -2.41. The molecule has 0 radical (unpaired) electrons. The maximum Gasteiger partial charge on any atom is 0.225 e. The maximum atomic E-state index is 12.0. The average Bonchev–Trinajstić information content (AvgIpc) is 3.16. The van der Waals surface area contributed by atoms with Crippen LogP contribution in [0.4, 0.5) is 5.69 Å².